The van der Waals surface area contributed by atoms with Gasteiger partial charge in [0, 0.05) is 11.6 Å². The predicted octanol–water partition coefficient (Wildman–Crippen LogP) is 2.59. The van der Waals surface area contributed by atoms with Gasteiger partial charge >= 0.3 is 11.9 Å². The van der Waals surface area contributed by atoms with Gasteiger partial charge in [-0.1, -0.05) is 0 Å². The summed E-state index contributed by atoms with van der Waals surface area (Å²) in [5.41, 5.74) is 1.41. The average Bonchev–Trinajstić information content (AvgIpc) is 2.46. The van der Waals surface area contributed by atoms with Gasteiger partial charge in [-0.2, -0.15) is 0 Å². The number of hydrogen-bond acceptors (Lipinski definition) is 5. The first kappa shape index (κ1) is 14.0. The van der Waals surface area contributed by atoms with Gasteiger partial charge in [0.05, 0.1) is 29.9 Å². The molecule has 0 saturated heterocycles. The summed E-state index contributed by atoms with van der Waals surface area (Å²) in [7, 11) is 0. The van der Waals surface area contributed by atoms with Crippen LogP contribution in [0.5, 0.6) is 0 Å². The van der Waals surface area contributed by atoms with Crippen molar-refractivity contribution < 1.29 is 19.1 Å². The number of fused-ring (bicyclic) bond motifs is 1. The molecule has 0 atom stereocenters. The molecule has 0 N–H and O–H groups in total. The fourth-order valence-electron chi connectivity index (χ4n) is 1.87. The molecule has 20 heavy (non-hydrogen) atoms. The van der Waals surface area contributed by atoms with Crippen LogP contribution in [-0.2, 0) is 9.47 Å². The number of carbonyl (C=O) groups excluding carboxylic acids is 2. The summed E-state index contributed by atoms with van der Waals surface area (Å²) in [6.45, 7) is 4.07. The number of benzene rings is 1. The van der Waals surface area contributed by atoms with Gasteiger partial charge in [0.25, 0.3) is 0 Å². The highest BCUT2D eigenvalue weighted by molar-refractivity contribution is 6.05. The van der Waals surface area contributed by atoms with Gasteiger partial charge in [-0.25, -0.2) is 9.59 Å². The average molecular weight is 273 g/mol. The summed E-state index contributed by atoms with van der Waals surface area (Å²) >= 11 is 0. The highest BCUT2D eigenvalue weighted by Crippen LogP contribution is 2.20. The largest absolute Gasteiger partial charge is 0.462 e. The number of rotatable bonds is 4. The number of nitrogens with zero attached hydrogens (tertiary/aromatic N) is 1. The quantitative estimate of drug-likeness (QED) is 0.801. The fraction of sp³-hybridized carbons (Fsp3) is 0.267. The van der Waals surface area contributed by atoms with Crippen molar-refractivity contribution in [1.29, 1.82) is 0 Å². The third kappa shape index (κ3) is 2.77. The first-order chi connectivity index (χ1) is 9.67. The van der Waals surface area contributed by atoms with Crippen molar-refractivity contribution in [2.75, 3.05) is 13.2 Å². The van der Waals surface area contributed by atoms with Crippen molar-refractivity contribution >= 4 is 22.8 Å². The Bertz CT molecular complexity index is 651. The number of pyridine rings is 1. The van der Waals surface area contributed by atoms with Gasteiger partial charge in [-0.3, -0.25) is 4.98 Å². The van der Waals surface area contributed by atoms with Crippen molar-refractivity contribution in [2.45, 2.75) is 13.8 Å². The van der Waals surface area contributed by atoms with Crippen molar-refractivity contribution in [3.8, 4) is 0 Å². The molecule has 0 spiro atoms. The molecule has 104 valence electrons. The van der Waals surface area contributed by atoms with Crippen LogP contribution >= 0.6 is 0 Å². The number of esters is 2. The zero-order valence-corrected chi connectivity index (χ0v) is 11.4. The van der Waals surface area contributed by atoms with Gasteiger partial charge in [0.15, 0.2) is 0 Å². The van der Waals surface area contributed by atoms with E-state index in [4.69, 9.17) is 9.47 Å². The fourth-order valence-corrected chi connectivity index (χ4v) is 1.87. The topological polar surface area (TPSA) is 65.5 Å². The molecule has 0 unspecified atom stereocenters. The monoisotopic (exact) mass is 273 g/mol. The van der Waals surface area contributed by atoms with E-state index in [-0.39, 0.29) is 0 Å². The van der Waals surface area contributed by atoms with Gasteiger partial charge in [0.1, 0.15) is 0 Å². The smallest absolute Gasteiger partial charge is 0.338 e. The van der Waals surface area contributed by atoms with Crippen LogP contribution in [0.25, 0.3) is 10.9 Å². The lowest BCUT2D eigenvalue weighted by atomic mass is 10.1. The van der Waals surface area contributed by atoms with Gasteiger partial charge in [0.2, 0.25) is 0 Å². The van der Waals surface area contributed by atoms with Crippen LogP contribution < -0.4 is 0 Å². The van der Waals surface area contributed by atoms with Crippen LogP contribution in [0.4, 0.5) is 0 Å². The molecule has 5 nitrogen and oxygen atoms in total. The molecule has 0 aliphatic rings. The van der Waals surface area contributed by atoms with Crippen LogP contribution in [0.15, 0.2) is 30.5 Å². The Labute approximate surface area is 116 Å². The minimum Gasteiger partial charge on any atom is -0.462 e. The Hall–Kier alpha value is -2.43. The van der Waals surface area contributed by atoms with Crippen molar-refractivity contribution in [2.24, 2.45) is 0 Å². The van der Waals surface area contributed by atoms with E-state index in [9.17, 15) is 9.59 Å². The normalized spacial score (nSPS) is 10.3. The molecular formula is C15H15NO4. The van der Waals surface area contributed by atoms with Crippen LogP contribution in [-0.4, -0.2) is 30.1 Å². The Kier molecular flexibility index (Phi) is 4.30. The van der Waals surface area contributed by atoms with Gasteiger partial charge in [-0.05, 0) is 38.1 Å². The first-order valence-corrected chi connectivity index (χ1v) is 6.40. The second kappa shape index (κ2) is 6.14. The highest BCUT2D eigenvalue weighted by Gasteiger charge is 2.14. The highest BCUT2D eigenvalue weighted by atomic mass is 16.5. The molecule has 0 aliphatic carbocycles. The summed E-state index contributed by atoms with van der Waals surface area (Å²) in [5, 5.41) is 0.580. The second-order valence-corrected chi connectivity index (χ2v) is 4.03. The Morgan fingerprint density at radius 3 is 2.45 bits per heavy atom. The first-order valence-electron chi connectivity index (χ1n) is 6.40. The van der Waals surface area contributed by atoms with Crippen LogP contribution in [0.2, 0.25) is 0 Å². The number of hydrogen-bond donors (Lipinski definition) is 0. The van der Waals surface area contributed by atoms with E-state index in [1.165, 1.54) is 0 Å². The molecule has 1 heterocycles. The Balaban J connectivity index is 2.51. The summed E-state index contributed by atoms with van der Waals surface area (Å²) < 4.78 is 9.95. The molecule has 0 amide bonds. The maximum absolute atomic E-state index is 11.9. The second-order valence-electron chi connectivity index (χ2n) is 4.03. The molecule has 0 radical (unpaired) electrons. The maximum atomic E-state index is 11.9. The molecule has 2 rings (SSSR count). The molecule has 0 bridgehead atoms. The van der Waals surface area contributed by atoms with Gasteiger partial charge < -0.3 is 9.47 Å². The van der Waals surface area contributed by atoms with Crippen molar-refractivity contribution in [3.05, 3.63) is 41.6 Å². The van der Waals surface area contributed by atoms with Crippen molar-refractivity contribution in [3.63, 3.8) is 0 Å². The molecule has 2 aromatic rings. The predicted molar refractivity (Wildman–Crippen MR) is 73.7 cm³/mol. The number of aromatic nitrogens is 1. The minimum absolute atomic E-state index is 0.292. The summed E-state index contributed by atoms with van der Waals surface area (Å²) in [6.07, 6.45) is 1.54. The molecule has 5 heteroatoms. The Morgan fingerprint density at radius 2 is 1.75 bits per heavy atom. The summed E-state index contributed by atoms with van der Waals surface area (Å²) in [4.78, 5) is 27.8. The lowest BCUT2D eigenvalue weighted by molar-refractivity contribution is 0.0515. The standard InChI is InChI=1S/C15H15NO4/c1-3-19-14(17)10-5-6-13-12(9-10)11(7-8-16-13)15(18)20-4-2/h5-9H,3-4H2,1-2H3. The van der Waals surface area contributed by atoms with Crippen molar-refractivity contribution in [1.82, 2.24) is 4.98 Å². The summed E-state index contributed by atoms with van der Waals surface area (Å²) in [6, 6.07) is 6.49. The summed E-state index contributed by atoms with van der Waals surface area (Å²) in [5.74, 6) is -0.853. The third-order valence-corrected chi connectivity index (χ3v) is 2.75. The maximum Gasteiger partial charge on any atom is 0.338 e. The van der Waals surface area contributed by atoms with Crippen LogP contribution in [0.1, 0.15) is 34.6 Å². The van der Waals surface area contributed by atoms with E-state index >= 15 is 0 Å². The van der Waals surface area contributed by atoms with E-state index in [1.807, 2.05) is 0 Å². The molecule has 0 saturated carbocycles. The van der Waals surface area contributed by atoms with E-state index in [0.29, 0.717) is 35.2 Å². The van der Waals surface area contributed by atoms with E-state index in [1.54, 1.807) is 44.3 Å². The molecule has 0 fully saturated rings. The van der Waals surface area contributed by atoms with Gasteiger partial charge in [-0.15, -0.1) is 0 Å². The van der Waals surface area contributed by atoms with E-state index in [2.05, 4.69) is 4.98 Å². The number of carbonyl (C=O) groups is 2. The molecular weight excluding hydrogens is 258 g/mol. The SMILES string of the molecule is CCOC(=O)c1ccc2nccc(C(=O)OCC)c2c1. The lowest BCUT2D eigenvalue weighted by Crippen LogP contribution is -2.07. The zero-order valence-electron chi connectivity index (χ0n) is 11.4. The van der Waals surface area contributed by atoms with E-state index in [0.717, 1.165) is 0 Å². The molecule has 1 aromatic carbocycles. The third-order valence-electron chi connectivity index (χ3n) is 2.75. The lowest BCUT2D eigenvalue weighted by Gasteiger charge is -2.07. The minimum atomic E-state index is -0.430. The van der Waals surface area contributed by atoms with Crippen LogP contribution in [0.3, 0.4) is 0 Å². The molecule has 0 aliphatic heterocycles. The number of ether oxygens (including phenoxy) is 2. The Morgan fingerprint density at radius 1 is 1.05 bits per heavy atom. The molecule has 1 aromatic heterocycles. The zero-order chi connectivity index (χ0) is 14.5. The van der Waals surface area contributed by atoms with E-state index < -0.39 is 11.9 Å². The van der Waals surface area contributed by atoms with Crippen LogP contribution in [0, 0.1) is 0 Å².